The van der Waals surface area contributed by atoms with E-state index < -0.39 is 11.1 Å². The van der Waals surface area contributed by atoms with Crippen LogP contribution >= 0.6 is 0 Å². The minimum absolute atomic E-state index is 0. The molecule has 1 N–H and O–H groups in total. The van der Waals surface area contributed by atoms with Crippen LogP contribution in [0.2, 0.25) is 0 Å². The Morgan fingerprint density at radius 1 is 1.50 bits per heavy atom. The summed E-state index contributed by atoms with van der Waals surface area (Å²) in [5.41, 5.74) is 0.702. The molecule has 4 heteroatoms. The molecule has 0 aromatic heterocycles. The summed E-state index contributed by atoms with van der Waals surface area (Å²) in [6.07, 6.45) is 1.56. The normalized spacial score (nSPS) is 11.4. The summed E-state index contributed by atoms with van der Waals surface area (Å²) in [5, 5.41) is 0. The minimum Gasteiger partial charge on any atom is -1.00 e. The predicted molar refractivity (Wildman–Crippen MR) is 46.7 cm³/mol. The van der Waals surface area contributed by atoms with Gasteiger partial charge in [-0.15, -0.1) is 0 Å². The van der Waals surface area contributed by atoms with Crippen molar-refractivity contribution in [2.45, 2.75) is 4.90 Å². The maximum atomic E-state index is 10.6. The molecule has 1 aromatic rings. The topological polar surface area (TPSA) is 37.3 Å². The molecule has 0 amide bonds. The van der Waals surface area contributed by atoms with E-state index in [1.807, 2.05) is 0 Å². The first-order valence-electron chi connectivity index (χ1n) is 3.08. The smallest absolute Gasteiger partial charge is 1.00 e. The molecule has 1 rings (SSSR count). The molecule has 0 aliphatic rings. The van der Waals surface area contributed by atoms with Crippen molar-refractivity contribution in [1.29, 1.82) is 0 Å². The van der Waals surface area contributed by atoms with Crippen molar-refractivity contribution in [3.8, 4) is 0 Å². The Hall–Kier alpha value is 0.706. The number of hydrogen-bond donors (Lipinski definition) is 1. The van der Waals surface area contributed by atoms with E-state index in [-0.39, 0.29) is 52.8 Å². The first kappa shape index (κ1) is 12.7. The van der Waals surface area contributed by atoms with Crippen molar-refractivity contribution in [1.82, 2.24) is 0 Å². The van der Waals surface area contributed by atoms with E-state index in [2.05, 4.69) is 6.58 Å². The molecular formula is C8H9KO2S. The molecular weight excluding hydrogens is 199 g/mol. The van der Waals surface area contributed by atoms with Crippen LogP contribution in [0.3, 0.4) is 0 Å². The second-order valence-electron chi connectivity index (χ2n) is 1.99. The fraction of sp³-hybridized carbons (Fsp3) is 0. The van der Waals surface area contributed by atoms with Gasteiger partial charge in [-0.3, -0.25) is 0 Å². The van der Waals surface area contributed by atoms with E-state index in [1.54, 1.807) is 30.3 Å². The van der Waals surface area contributed by atoms with Gasteiger partial charge in [0.1, 0.15) is 0 Å². The minimum atomic E-state index is -1.91. The Morgan fingerprint density at radius 3 is 2.50 bits per heavy atom. The van der Waals surface area contributed by atoms with E-state index in [1.165, 1.54) is 0 Å². The van der Waals surface area contributed by atoms with Gasteiger partial charge in [0.2, 0.25) is 0 Å². The number of benzene rings is 1. The Bertz CT molecular complexity index is 304. The third-order valence-electron chi connectivity index (χ3n) is 1.33. The second-order valence-corrected chi connectivity index (χ2v) is 2.93. The third kappa shape index (κ3) is 3.22. The van der Waals surface area contributed by atoms with E-state index in [0.717, 1.165) is 0 Å². The molecule has 0 saturated carbocycles. The van der Waals surface area contributed by atoms with Gasteiger partial charge in [0.15, 0.2) is 11.1 Å². The van der Waals surface area contributed by atoms with Crippen molar-refractivity contribution in [2.24, 2.45) is 0 Å². The molecule has 1 unspecified atom stereocenters. The summed E-state index contributed by atoms with van der Waals surface area (Å²) in [6, 6.07) is 6.87. The monoisotopic (exact) mass is 208 g/mol. The first-order chi connectivity index (χ1) is 5.25. The zero-order chi connectivity index (χ0) is 8.27. The molecule has 0 saturated heterocycles. The van der Waals surface area contributed by atoms with Crippen molar-refractivity contribution < 1.29 is 61.6 Å². The summed E-state index contributed by atoms with van der Waals surface area (Å²) in [4.78, 5) is 0.405. The maximum Gasteiger partial charge on any atom is 1.00 e. The predicted octanol–water partition coefficient (Wildman–Crippen LogP) is -0.973. The molecule has 0 aliphatic heterocycles. The van der Waals surface area contributed by atoms with Gasteiger partial charge in [-0.25, -0.2) is 4.21 Å². The van der Waals surface area contributed by atoms with Gasteiger partial charge in [0.25, 0.3) is 0 Å². The van der Waals surface area contributed by atoms with Crippen LogP contribution in [-0.2, 0) is 11.1 Å². The van der Waals surface area contributed by atoms with Gasteiger partial charge in [0, 0.05) is 0 Å². The molecule has 0 radical (unpaired) electrons. The Kier molecular flexibility index (Phi) is 6.57. The average Bonchev–Trinajstić information content (AvgIpc) is 2.04. The third-order valence-corrected chi connectivity index (χ3v) is 2.08. The zero-order valence-electron chi connectivity index (χ0n) is 7.86. The van der Waals surface area contributed by atoms with Gasteiger partial charge < -0.3 is 5.98 Å². The van der Waals surface area contributed by atoms with Gasteiger partial charge in [-0.2, -0.15) is 0 Å². The molecule has 2 nitrogen and oxygen atoms in total. The van der Waals surface area contributed by atoms with Crippen LogP contribution in [0.25, 0.3) is 6.08 Å². The average molecular weight is 208 g/mol. The fourth-order valence-electron chi connectivity index (χ4n) is 0.808. The SMILES string of the molecule is C=Cc1ccccc1S(=O)O.[H-].[K+]. The largest absolute Gasteiger partial charge is 1.00 e. The van der Waals surface area contributed by atoms with Crippen molar-refractivity contribution >= 4 is 17.2 Å². The molecule has 1 aromatic carbocycles. The first-order valence-corrected chi connectivity index (χ1v) is 4.18. The van der Waals surface area contributed by atoms with Crippen LogP contribution in [0.4, 0.5) is 0 Å². The van der Waals surface area contributed by atoms with Crippen LogP contribution in [0.5, 0.6) is 0 Å². The van der Waals surface area contributed by atoms with Gasteiger partial charge in [0.05, 0.1) is 4.90 Å². The van der Waals surface area contributed by atoms with Crippen molar-refractivity contribution in [2.75, 3.05) is 0 Å². The van der Waals surface area contributed by atoms with Crippen LogP contribution in [-0.4, -0.2) is 8.76 Å². The molecule has 12 heavy (non-hydrogen) atoms. The van der Waals surface area contributed by atoms with Gasteiger partial charge in [-0.1, -0.05) is 30.9 Å². The second kappa shape index (κ2) is 6.20. The zero-order valence-corrected chi connectivity index (χ0v) is 10.8. The summed E-state index contributed by atoms with van der Waals surface area (Å²) < 4.78 is 19.4. The fourth-order valence-corrected chi connectivity index (χ4v) is 1.36. The molecule has 60 valence electrons. The van der Waals surface area contributed by atoms with Crippen LogP contribution in [0.1, 0.15) is 6.99 Å². The summed E-state index contributed by atoms with van der Waals surface area (Å²) in [7, 11) is 0. The number of hydrogen-bond acceptors (Lipinski definition) is 1. The Labute approximate surface area is 118 Å². The molecule has 0 fully saturated rings. The Morgan fingerprint density at radius 2 is 2.08 bits per heavy atom. The van der Waals surface area contributed by atoms with E-state index in [9.17, 15) is 4.21 Å². The van der Waals surface area contributed by atoms with E-state index in [4.69, 9.17) is 4.55 Å². The van der Waals surface area contributed by atoms with E-state index in [0.29, 0.717) is 10.5 Å². The molecule has 1 atom stereocenters. The van der Waals surface area contributed by atoms with Crippen LogP contribution in [0, 0.1) is 0 Å². The Balaban J connectivity index is 0. The van der Waals surface area contributed by atoms with Crippen LogP contribution in [0.15, 0.2) is 35.7 Å². The summed E-state index contributed by atoms with van der Waals surface area (Å²) in [5.74, 6) is 0. The number of rotatable bonds is 2. The van der Waals surface area contributed by atoms with Gasteiger partial charge >= 0.3 is 51.4 Å². The molecule has 0 spiro atoms. The summed E-state index contributed by atoms with van der Waals surface area (Å²) in [6.45, 7) is 3.53. The van der Waals surface area contributed by atoms with Crippen LogP contribution < -0.4 is 51.4 Å². The van der Waals surface area contributed by atoms with Crippen molar-refractivity contribution in [3.63, 3.8) is 0 Å². The summed E-state index contributed by atoms with van der Waals surface area (Å²) >= 11 is -1.91. The molecule has 0 bridgehead atoms. The molecule has 0 heterocycles. The molecule has 0 aliphatic carbocycles. The van der Waals surface area contributed by atoms with Gasteiger partial charge in [-0.05, 0) is 11.6 Å². The standard InChI is InChI=1S/C8H8O2S.K.H/c1-2-7-5-3-4-6-8(7)11(9)10;;/h2-6H,1H2,(H,9,10);;/q;+1;-1. The maximum absolute atomic E-state index is 10.6. The van der Waals surface area contributed by atoms with Crippen molar-refractivity contribution in [3.05, 3.63) is 36.4 Å². The van der Waals surface area contributed by atoms with E-state index >= 15 is 0 Å². The quantitative estimate of drug-likeness (QED) is 0.501.